The topological polar surface area (TPSA) is 17.8 Å². The average Bonchev–Trinajstić information content (AvgIpc) is 2.82. The number of aromatic nitrogens is 2. The molecule has 1 aromatic heterocycles. The molecule has 0 spiro atoms. The molecule has 0 saturated heterocycles. The second-order valence-electron chi connectivity index (χ2n) is 5.17. The Morgan fingerprint density at radius 3 is 2.53 bits per heavy atom. The molecule has 1 heterocycles. The van der Waals surface area contributed by atoms with Crippen LogP contribution in [0.25, 0.3) is 5.57 Å². The van der Waals surface area contributed by atoms with Gasteiger partial charge in [0.25, 0.3) is 0 Å². The van der Waals surface area contributed by atoms with E-state index in [1.54, 1.807) is 0 Å². The van der Waals surface area contributed by atoms with Crippen molar-refractivity contribution in [3.05, 3.63) is 47.3 Å². The van der Waals surface area contributed by atoms with Gasteiger partial charge in [-0.25, -0.2) is 0 Å². The second-order valence-corrected chi connectivity index (χ2v) is 5.17. The first kappa shape index (κ1) is 15.5. The molecule has 104 valence electrons. The van der Waals surface area contributed by atoms with Crippen molar-refractivity contribution in [1.29, 1.82) is 0 Å². The van der Waals surface area contributed by atoms with Gasteiger partial charge in [-0.15, -0.1) is 0 Å². The van der Waals surface area contributed by atoms with Crippen molar-refractivity contribution >= 4 is 5.57 Å². The predicted molar refractivity (Wildman–Crippen MR) is 84.2 cm³/mol. The van der Waals surface area contributed by atoms with Crippen LogP contribution in [0.5, 0.6) is 0 Å². The fourth-order valence-electron chi connectivity index (χ4n) is 1.87. The molecule has 0 N–H and O–H groups in total. The highest BCUT2D eigenvalue weighted by Crippen LogP contribution is 2.20. The molecule has 1 rings (SSSR count). The molecule has 0 aliphatic carbocycles. The first-order chi connectivity index (χ1) is 8.99. The molecule has 0 amide bonds. The highest BCUT2D eigenvalue weighted by Gasteiger charge is 2.10. The minimum atomic E-state index is 0.509. The minimum Gasteiger partial charge on any atom is -0.269 e. The zero-order valence-electron chi connectivity index (χ0n) is 13.1. The van der Waals surface area contributed by atoms with Gasteiger partial charge >= 0.3 is 0 Å². The van der Waals surface area contributed by atoms with E-state index in [1.165, 1.54) is 16.8 Å². The van der Waals surface area contributed by atoms with Gasteiger partial charge in [-0.05, 0) is 45.3 Å². The lowest BCUT2D eigenvalue weighted by atomic mass is 10.1. The zero-order chi connectivity index (χ0) is 14.4. The highest BCUT2D eigenvalue weighted by molar-refractivity contribution is 5.62. The summed E-state index contributed by atoms with van der Waals surface area (Å²) in [6.07, 6.45) is 8.43. The summed E-state index contributed by atoms with van der Waals surface area (Å²) < 4.78 is 2.10. The summed E-state index contributed by atoms with van der Waals surface area (Å²) in [7, 11) is 0. The van der Waals surface area contributed by atoms with Gasteiger partial charge in [0.05, 0.1) is 5.69 Å². The van der Waals surface area contributed by atoms with Crippen molar-refractivity contribution in [2.24, 2.45) is 0 Å². The molecule has 0 unspecified atom stereocenters. The number of rotatable bonds is 5. The molecule has 1 aromatic rings. The summed E-state index contributed by atoms with van der Waals surface area (Å²) in [5, 5.41) is 4.67. The Balaban J connectivity index is 2.97. The van der Waals surface area contributed by atoms with Gasteiger partial charge in [-0.3, -0.25) is 4.68 Å². The van der Waals surface area contributed by atoms with Crippen molar-refractivity contribution in [3.8, 4) is 0 Å². The van der Waals surface area contributed by atoms with Gasteiger partial charge in [0.2, 0.25) is 0 Å². The van der Waals surface area contributed by atoms with E-state index in [9.17, 15) is 0 Å². The Labute approximate surface area is 117 Å². The van der Waals surface area contributed by atoms with Crippen LogP contribution in [-0.4, -0.2) is 9.78 Å². The molecule has 0 aliphatic heterocycles. The summed E-state index contributed by atoms with van der Waals surface area (Å²) in [6, 6.07) is 2.20. The first-order valence-corrected chi connectivity index (χ1v) is 7.05. The monoisotopic (exact) mass is 258 g/mol. The van der Waals surface area contributed by atoms with E-state index in [1.807, 2.05) is 6.92 Å². The molecular weight excluding hydrogens is 232 g/mol. The first-order valence-electron chi connectivity index (χ1n) is 7.05. The van der Waals surface area contributed by atoms with Crippen LogP contribution in [0.2, 0.25) is 0 Å². The lowest BCUT2D eigenvalue weighted by Crippen LogP contribution is -2.03. The van der Waals surface area contributed by atoms with E-state index in [2.05, 4.69) is 74.8 Å². The van der Waals surface area contributed by atoms with Gasteiger partial charge in [0, 0.05) is 12.2 Å². The number of hydrogen-bond donors (Lipinski definition) is 0. The summed E-state index contributed by atoms with van der Waals surface area (Å²) in [5.41, 5.74) is 4.85. The zero-order valence-corrected chi connectivity index (χ0v) is 13.1. The van der Waals surface area contributed by atoms with Gasteiger partial charge in [-0.1, -0.05) is 43.7 Å². The number of nitrogens with zero attached hydrogens (tertiary/aromatic N) is 2. The van der Waals surface area contributed by atoms with Crippen LogP contribution in [-0.2, 0) is 6.54 Å². The molecular formula is C17H26N2. The van der Waals surface area contributed by atoms with E-state index in [0.717, 1.165) is 12.2 Å². The van der Waals surface area contributed by atoms with Crippen LogP contribution in [0.15, 0.2) is 35.9 Å². The summed E-state index contributed by atoms with van der Waals surface area (Å²) >= 11 is 0. The van der Waals surface area contributed by atoms with Crippen LogP contribution < -0.4 is 0 Å². The minimum absolute atomic E-state index is 0.509. The normalized spacial score (nSPS) is 13.8. The lowest BCUT2D eigenvalue weighted by Gasteiger charge is -2.06. The standard InChI is InChI=1S/C17H26N2/c1-7-14(5)10-9-11-15(6)16-12-17(13(3)4)19(8-2)18-16/h7,9-13H,8H2,1-6H3/b10-9+,14-7+,15-11+. The Morgan fingerprint density at radius 2 is 2.05 bits per heavy atom. The SMILES string of the molecule is C/C=C(C)/C=C/C=C(\C)c1cc(C(C)C)n(CC)n1. The molecule has 0 aliphatic rings. The second kappa shape index (κ2) is 7.13. The fraction of sp³-hybridized carbons (Fsp3) is 0.471. The van der Waals surface area contributed by atoms with Crippen LogP contribution in [0.4, 0.5) is 0 Å². The van der Waals surface area contributed by atoms with Gasteiger partial charge in [0.1, 0.15) is 0 Å². The van der Waals surface area contributed by atoms with Gasteiger partial charge < -0.3 is 0 Å². The third-order valence-corrected chi connectivity index (χ3v) is 3.27. The molecule has 2 heteroatoms. The molecule has 0 bridgehead atoms. The maximum atomic E-state index is 4.67. The summed E-state index contributed by atoms with van der Waals surface area (Å²) in [6.45, 7) is 13.7. The molecule has 0 aromatic carbocycles. The summed E-state index contributed by atoms with van der Waals surface area (Å²) in [4.78, 5) is 0. The molecule has 0 fully saturated rings. The maximum Gasteiger partial charge on any atom is 0.0883 e. The molecule has 0 radical (unpaired) electrons. The molecule has 19 heavy (non-hydrogen) atoms. The Kier molecular flexibility index (Phi) is 5.81. The predicted octanol–water partition coefficient (Wildman–Crippen LogP) is 4.95. The number of aryl methyl sites for hydroxylation is 1. The van der Waals surface area contributed by atoms with E-state index < -0.39 is 0 Å². The van der Waals surface area contributed by atoms with Crippen LogP contribution in [0.3, 0.4) is 0 Å². The van der Waals surface area contributed by atoms with Gasteiger partial charge in [-0.2, -0.15) is 5.10 Å². The smallest absolute Gasteiger partial charge is 0.0883 e. The van der Waals surface area contributed by atoms with E-state index in [0.29, 0.717) is 5.92 Å². The van der Waals surface area contributed by atoms with Crippen molar-refractivity contribution in [1.82, 2.24) is 9.78 Å². The summed E-state index contributed by atoms with van der Waals surface area (Å²) in [5.74, 6) is 0.509. The lowest BCUT2D eigenvalue weighted by molar-refractivity contribution is 0.597. The third-order valence-electron chi connectivity index (χ3n) is 3.27. The Morgan fingerprint density at radius 1 is 1.37 bits per heavy atom. The Hall–Kier alpha value is -1.57. The van der Waals surface area contributed by atoms with Crippen molar-refractivity contribution < 1.29 is 0 Å². The average molecular weight is 258 g/mol. The highest BCUT2D eigenvalue weighted by atomic mass is 15.3. The van der Waals surface area contributed by atoms with Crippen LogP contribution in [0, 0.1) is 0 Å². The van der Waals surface area contributed by atoms with Crippen molar-refractivity contribution in [2.45, 2.75) is 54.0 Å². The van der Waals surface area contributed by atoms with Gasteiger partial charge in [0.15, 0.2) is 0 Å². The maximum absolute atomic E-state index is 4.67. The van der Waals surface area contributed by atoms with Crippen molar-refractivity contribution in [3.63, 3.8) is 0 Å². The fourth-order valence-corrected chi connectivity index (χ4v) is 1.87. The van der Waals surface area contributed by atoms with Crippen LogP contribution >= 0.6 is 0 Å². The molecule has 0 atom stereocenters. The number of allylic oxidation sites excluding steroid dienone is 6. The van der Waals surface area contributed by atoms with E-state index >= 15 is 0 Å². The van der Waals surface area contributed by atoms with Crippen LogP contribution in [0.1, 0.15) is 58.8 Å². The number of hydrogen-bond acceptors (Lipinski definition) is 1. The van der Waals surface area contributed by atoms with E-state index in [-0.39, 0.29) is 0 Å². The third kappa shape index (κ3) is 4.23. The van der Waals surface area contributed by atoms with Crippen molar-refractivity contribution in [2.75, 3.05) is 0 Å². The molecule has 2 nitrogen and oxygen atoms in total. The Bertz CT molecular complexity index is 499. The largest absolute Gasteiger partial charge is 0.269 e. The van der Waals surface area contributed by atoms with E-state index in [4.69, 9.17) is 0 Å². The quantitative estimate of drug-likeness (QED) is 0.683. The molecule has 0 saturated carbocycles.